The van der Waals surface area contributed by atoms with E-state index in [1.807, 2.05) is 6.92 Å². The third kappa shape index (κ3) is 3.37. The van der Waals surface area contributed by atoms with Crippen molar-refractivity contribution in [1.29, 1.82) is 0 Å². The number of methoxy groups -OCH3 is 1. The molecule has 0 bridgehead atoms. The molecular formula is C21H26N2O3S. The first-order valence-corrected chi connectivity index (χ1v) is 10.9. The lowest BCUT2D eigenvalue weighted by Gasteiger charge is -2.37. The van der Waals surface area contributed by atoms with Gasteiger partial charge in [0.1, 0.15) is 5.75 Å². The van der Waals surface area contributed by atoms with Crippen molar-refractivity contribution < 1.29 is 13.2 Å². The maximum Gasteiger partial charge on any atom is 0.243 e. The predicted octanol–water partition coefficient (Wildman–Crippen LogP) is 3.00. The molecule has 1 atom stereocenters. The van der Waals surface area contributed by atoms with E-state index in [9.17, 15) is 8.42 Å². The van der Waals surface area contributed by atoms with Gasteiger partial charge in [0.25, 0.3) is 0 Å². The molecule has 0 N–H and O–H groups in total. The largest absolute Gasteiger partial charge is 0.497 e. The Balaban J connectivity index is 1.48. The SMILES string of the molecule is COc1ccc(S(=O)(=O)N2CCN(C3CCc4ccccc43)CC2)c(C)c1. The number of sulfonamides is 1. The summed E-state index contributed by atoms with van der Waals surface area (Å²) < 4.78 is 33.0. The van der Waals surface area contributed by atoms with Gasteiger partial charge in [-0.3, -0.25) is 4.90 Å². The quantitative estimate of drug-likeness (QED) is 0.811. The van der Waals surface area contributed by atoms with Crippen LogP contribution in [0, 0.1) is 6.92 Å². The van der Waals surface area contributed by atoms with Crippen LogP contribution in [0.25, 0.3) is 0 Å². The van der Waals surface area contributed by atoms with Crippen LogP contribution >= 0.6 is 0 Å². The molecule has 1 fully saturated rings. The van der Waals surface area contributed by atoms with Crippen molar-refractivity contribution in [3.05, 3.63) is 59.2 Å². The van der Waals surface area contributed by atoms with Crippen molar-refractivity contribution in [2.45, 2.75) is 30.7 Å². The number of aryl methyl sites for hydroxylation is 2. The third-order valence-electron chi connectivity index (χ3n) is 5.82. The van der Waals surface area contributed by atoms with Crippen molar-refractivity contribution in [2.24, 2.45) is 0 Å². The fourth-order valence-corrected chi connectivity index (χ4v) is 5.97. The molecule has 2 aromatic carbocycles. The van der Waals surface area contributed by atoms with E-state index in [0.29, 0.717) is 29.8 Å². The van der Waals surface area contributed by atoms with Crippen LogP contribution in [0.4, 0.5) is 0 Å². The van der Waals surface area contributed by atoms with Gasteiger partial charge in [0.05, 0.1) is 12.0 Å². The number of piperazine rings is 1. The van der Waals surface area contributed by atoms with Gasteiger partial charge in [0, 0.05) is 32.2 Å². The Bertz CT molecular complexity index is 934. The molecule has 1 aliphatic heterocycles. The van der Waals surface area contributed by atoms with Gasteiger partial charge < -0.3 is 4.74 Å². The second kappa shape index (κ2) is 7.26. The Morgan fingerprint density at radius 2 is 1.78 bits per heavy atom. The van der Waals surface area contributed by atoms with Crippen LogP contribution in [-0.4, -0.2) is 50.9 Å². The van der Waals surface area contributed by atoms with Crippen LogP contribution < -0.4 is 4.74 Å². The van der Waals surface area contributed by atoms with Crippen LogP contribution in [0.5, 0.6) is 5.75 Å². The maximum atomic E-state index is 13.1. The molecule has 0 radical (unpaired) electrons. The van der Waals surface area contributed by atoms with E-state index >= 15 is 0 Å². The van der Waals surface area contributed by atoms with Crippen LogP contribution in [-0.2, 0) is 16.4 Å². The van der Waals surface area contributed by atoms with Gasteiger partial charge in [-0.1, -0.05) is 24.3 Å². The topological polar surface area (TPSA) is 49.9 Å². The number of fused-ring (bicyclic) bond motifs is 1. The molecular weight excluding hydrogens is 360 g/mol. The molecule has 6 heteroatoms. The molecule has 0 amide bonds. The zero-order valence-corrected chi connectivity index (χ0v) is 16.7. The number of rotatable bonds is 4. The van der Waals surface area contributed by atoms with Gasteiger partial charge in [-0.05, 0) is 54.7 Å². The number of ether oxygens (including phenoxy) is 1. The van der Waals surface area contributed by atoms with Crippen LogP contribution in [0.3, 0.4) is 0 Å². The summed E-state index contributed by atoms with van der Waals surface area (Å²) in [6.45, 7) is 4.43. The molecule has 27 heavy (non-hydrogen) atoms. The molecule has 2 aliphatic rings. The lowest BCUT2D eigenvalue weighted by molar-refractivity contribution is 0.137. The van der Waals surface area contributed by atoms with Gasteiger partial charge >= 0.3 is 0 Å². The molecule has 1 saturated heterocycles. The number of hydrogen-bond acceptors (Lipinski definition) is 4. The highest BCUT2D eigenvalue weighted by Crippen LogP contribution is 2.36. The highest BCUT2D eigenvalue weighted by atomic mass is 32.2. The van der Waals surface area contributed by atoms with Crippen LogP contribution in [0.15, 0.2) is 47.4 Å². The van der Waals surface area contributed by atoms with E-state index in [4.69, 9.17) is 4.74 Å². The van der Waals surface area contributed by atoms with E-state index in [1.165, 1.54) is 11.1 Å². The molecule has 1 heterocycles. The fourth-order valence-electron chi connectivity index (χ4n) is 4.35. The van der Waals surface area contributed by atoms with Crippen molar-refractivity contribution in [3.63, 3.8) is 0 Å². The molecule has 1 aliphatic carbocycles. The molecule has 0 spiro atoms. The number of hydrogen-bond donors (Lipinski definition) is 0. The first-order chi connectivity index (χ1) is 13.0. The first kappa shape index (κ1) is 18.5. The Morgan fingerprint density at radius 3 is 2.48 bits per heavy atom. The monoisotopic (exact) mass is 386 g/mol. The summed E-state index contributed by atoms with van der Waals surface area (Å²) in [6, 6.07) is 14.2. The Hall–Kier alpha value is -1.89. The third-order valence-corrected chi connectivity index (χ3v) is 7.87. The second-order valence-electron chi connectivity index (χ2n) is 7.32. The summed E-state index contributed by atoms with van der Waals surface area (Å²) in [5.41, 5.74) is 3.58. The molecule has 0 aromatic heterocycles. The Kier molecular flexibility index (Phi) is 4.97. The van der Waals surface area contributed by atoms with Gasteiger partial charge in [-0.15, -0.1) is 0 Å². The average Bonchev–Trinajstić information content (AvgIpc) is 3.12. The first-order valence-electron chi connectivity index (χ1n) is 9.47. The number of benzene rings is 2. The van der Waals surface area contributed by atoms with Gasteiger partial charge in [-0.25, -0.2) is 8.42 Å². The van der Waals surface area contributed by atoms with Crippen molar-refractivity contribution in [2.75, 3.05) is 33.3 Å². The Morgan fingerprint density at radius 1 is 1.04 bits per heavy atom. The molecule has 5 nitrogen and oxygen atoms in total. The van der Waals surface area contributed by atoms with E-state index in [2.05, 4.69) is 29.2 Å². The Labute approximate surface area is 161 Å². The summed E-state index contributed by atoms with van der Waals surface area (Å²) in [7, 11) is -1.89. The fraction of sp³-hybridized carbons (Fsp3) is 0.429. The minimum atomic E-state index is -3.47. The van der Waals surface area contributed by atoms with Gasteiger partial charge in [-0.2, -0.15) is 4.31 Å². The lowest BCUT2D eigenvalue weighted by atomic mass is 10.1. The molecule has 1 unspecified atom stereocenters. The van der Waals surface area contributed by atoms with E-state index in [1.54, 1.807) is 29.6 Å². The number of nitrogens with zero attached hydrogens (tertiary/aromatic N) is 2. The van der Waals surface area contributed by atoms with Crippen LogP contribution in [0.2, 0.25) is 0 Å². The highest BCUT2D eigenvalue weighted by molar-refractivity contribution is 7.89. The molecule has 0 saturated carbocycles. The smallest absolute Gasteiger partial charge is 0.243 e. The molecule has 2 aromatic rings. The standard InChI is InChI=1S/C21H26N2O3S/c1-16-15-18(26-2)8-10-21(16)27(24,25)23-13-11-22(12-14-23)20-9-7-17-5-3-4-6-19(17)20/h3-6,8,10,15,20H,7,9,11-14H2,1-2H3. The minimum Gasteiger partial charge on any atom is -0.497 e. The zero-order valence-electron chi connectivity index (χ0n) is 15.9. The highest BCUT2D eigenvalue weighted by Gasteiger charge is 2.34. The zero-order chi connectivity index (χ0) is 19.0. The van der Waals surface area contributed by atoms with Gasteiger partial charge in [0.15, 0.2) is 0 Å². The van der Waals surface area contributed by atoms with Crippen molar-refractivity contribution in [1.82, 2.24) is 9.21 Å². The van der Waals surface area contributed by atoms with Gasteiger partial charge in [0.2, 0.25) is 10.0 Å². The van der Waals surface area contributed by atoms with E-state index in [-0.39, 0.29) is 0 Å². The normalized spacial score (nSPS) is 21.2. The molecule has 4 rings (SSSR count). The summed E-state index contributed by atoms with van der Waals surface area (Å²) in [4.78, 5) is 2.82. The summed E-state index contributed by atoms with van der Waals surface area (Å²) in [5.74, 6) is 0.677. The maximum absolute atomic E-state index is 13.1. The second-order valence-corrected chi connectivity index (χ2v) is 9.23. The van der Waals surface area contributed by atoms with Crippen molar-refractivity contribution >= 4 is 10.0 Å². The average molecular weight is 387 g/mol. The lowest BCUT2D eigenvalue weighted by Crippen LogP contribution is -2.49. The summed E-state index contributed by atoms with van der Waals surface area (Å²) >= 11 is 0. The van der Waals surface area contributed by atoms with Crippen molar-refractivity contribution in [3.8, 4) is 5.75 Å². The minimum absolute atomic E-state index is 0.378. The van der Waals surface area contributed by atoms with E-state index < -0.39 is 10.0 Å². The predicted molar refractivity (Wildman–Crippen MR) is 106 cm³/mol. The molecule has 144 valence electrons. The van der Waals surface area contributed by atoms with Crippen LogP contribution in [0.1, 0.15) is 29.2 Å². The summed E-state index contributed by atoms with van der Waals surface area (Å²) in [5, 5.41) is 0. The van der Waals surface area contributed by atoms with E-state index in [0.717, 1.165) is 31.5 Å². The summed E-state index contributed by atoms with van der Waals surface area (Å²) in [6.07, 6.45) is 2.24.